The van der Waals surface area contributed by atoms with Crippen LogP contribution in [0.2, 0.25) is 0 Å². The van der Waals surface area contributed by atoms with E-state index >= 15 is 0 Å². The number of benzene rings is 1. The Morgan fingerprint density at radius 3 is 2.70 bits per heavy atom. The normalized spacial score (nSPS) is 11.9. The van der Waals surface area contributed by atoms with Gasteiger partial charge in [-0.15, -0.1) is 11.3 Å². The number of pyridine rings is 1. The van der Waals surface area contributed by atoms with Gasteiger partial charge in [-0.1, -0.05) is 24.3 Å². The SMILES string of the molecule is CN(C(=O)c1cccs1)[C@H](c1cccc(F)c1)c1ccccn1. The Balaban J connectivity index is 2.03. The number of halogens is 1. The average molecular weight is 326 g/mol. The third-order valence-electron chi connectivity index (χ3n) is 3.57. The number of hydrogen-bond acceptors (Lipinski definition) is 3. The second kappa shape index (κ2) is 6.71. The smallest absolute Gasteiger partial charge is 0.264 e. The van der Waals surface area contributed by atoms with Crippen LogP contribution in [0, 0.1) is 5.82 Å². The summed E-state index contributed by atoms with van der Waals surface area (Å²) in [6.07, 6.45) is 1.67. The molecule has 0 saturated heterocycles. The highest BCUT2D eigenvalue weighted by Gasteiger charge is 2.26. The Hall–Kier alpha value is -2.53. The lowest BCUT2D eigenvalue weighted by Crippen LogP contribution is -2.32. The zero-order chi connectivity index (χ0) is 16.2. The van der Waals surface area contributed by atoms with Gasteiger partial charge >= 0.3 is 0 Å². The molecule has 1 atom stereocenters. The van der Waals surface area contributed by atoms with Crippen LogP contribution in [0.5, 0.6) is 0 Å². The van der Waals surface area contributed by atoms with Gasteiger partial charge in [0.05, 0.1) is 16.6 Å². The van der Waals surface area contributed by atoms with Gasteiger partial charge in [-0.3, -0.25) is 9.78 Å². The summed E-state index contributed by atoms with van der Waals surface area (Å²) in [5.74, 6) is -0.444. The second-order valence-electron chi connectivity index (χ2n) is 5.11. The molecule has 0 N–H and O–H groups in total. The summed E-state index contributed by atoms with van der Waals surface area (Å²) in [6, 6.07) is 15.0. The number of aromatic nitrogens is 1. The average Bonchev–Trinajstić information content (AvgIpc) is 3.10. The topological polar surface area (TPSA) is 33.2 Å². The first-order valence-electron chi connectivity index (χ1n) is 7.14. The van der Waals surface area contributed by atoms with Crippen LogP contribution in [0.1, 0.15) is 27.0 Å². The van der Waals surface area contributed by atoms with E-state index in [9.17, 15) is 9.18 Å². The molecule has 3 nitrogen and oxygen atoms in total. The fourth-order valence-corrected chi connectivity index (χ4v) is 3.20. The number of nitrogens with zero attached hydrogens (tertiary/aromatic N) is 2. The highest BCUT2D eigenvalue weighted by Crippen LogP contribution is 2.28. The molecule has 0 bridgehead atoms. The van der Waals surface area contributed by atoms with Gasteiger partial charge in [-0.2, -0.15) is 0 Å². The second-order valence-corrected chi connectivity index (χ2v) is 6.05. The molecule has 0 aliphatic rings. The molecule has 0 fully saturated rings. The Kier molecular flexibility index (Phi) is 4.48. The maximum Gasteiger partial charge on any atom is 0.264 e. The van der Waals surface area contributed by atoms with Crippen LogP contribution < -0.4 is 0 Å². The van der Waals surface area contributed by atoms with Crippen LogP contribution in [0.4, 0.5) is 4.39 Å². The third kappa shape index (κ3) is 3.29. The molecule has 1 aromatic carbocycles. The van der Waals surface area contributed by atoms with Gasteiger partial charge in [-0.25, -0.2) is 4.39 Å². The Bertz CT molecular complexity index is 790. The summed E-state index contributed by atoms with van der Waals surface area (Å²) in [5, 5.41) is 1.86. The lowest BCUT2D eigenvalue weighted by molar-refractivity contribution is 0.0757. The van der Waals surface area contributed by atoms with Crippen molar-refractivity contribution in [1.29, 1.82) is 0 Å². The molecule has 2 aromatic heterocycles. The molecule has 0 spiro atoms. The van der Waals surface area contributed by atoms with Crippen molar-refractivity contribution in [2.24, 2.45) is 0 Å². The standard InChI is InChI=1S/C18H15FN2OS/c1-21(18(22)16-9-5-11-23-16)17(15-8-2-3-10-20-15)13-6-4-7-14(19)12-13/h2-12,17H,1H3/t17-/m1/s1. The summed E-state index contributed by atoms with van der Waals surface area (Å²) in [7, 11) is 1.71. The molecule has 1 amide bonds. The van der Waals surface area contributed by atoms with Crippen LogP contribution in [0.25, 0.3) is 0 Å². The van der Waals surface area contributed by atoms with E-state index in [-0.39, 0.29) is 11.7 Å². The lowest BCUT2D eigenvalue weighted by Gasteiger charge is -2.28. The van der Waals surface area contributed by atoms with Crippen molar-refractivity contribution in [2.75, 3.05) is 7.05 Å². The highest BCUT2D eigenvalue weighted by atomic mass is 32.1. The molecule has 23 heavy (non-hydrogen) atoms. The quantitative estimate of drug-likeness (QED) is 0.722. The molecule has 0 aliphatic carbocycles. The fraction of sp³-hybridized carbons (Fsp3) is 0.111. The summed E-state index contributed by atoms with van der Waals surface area (Å²) in [6.45, 7) is 0. The monoisotopic (exact) mass is 326 g/mol. The summed E-state index contributed by atoms with van der Waals surface area (Å²) in [5.41, 5.74) is 1.39. The number of carbonyl (C=O) groups is 1. The van der Waals surface area contributed by atoms with Crippen molar-refractivity contribution in [1.82, 2.24) is 9.88 Å². The largest absolute Gasteiger partial charge is 0.328 e. The molecular formula is C18H15FN2OS. The van der Waals surface area contributed by atoms with E-state index in [4.69, 9.17) is 0 Å². The molecule has 5 heteroatoms. The number of thiophene rings is 1. The summed E-state index contributed by atoms with van der Waals surface area (Å²) < 4.78 is 13.7. The van der Waals surface area contributed by atoms with Crippen LogP contribution in [0.3, 0.4) is 0 Å². The van der Waals surface area contributed by atoms with Crippen LogP contribution in [0.15, 0.2) is 66.2 Å². The minimum absolute atomic E-state index is 0.111. The van der Waals surface area contributed by atoms with Crippen LogP contribution >= 0.6 is 11.3 Å². The molecule has 0 aliphatic heterocycles. The van der Waals surface area contributed by atoms with Gasteiger partial charge in [0, 0.05) is 13.2 Å². The Morgan fingerprint density at radius 2 is 2.04 bits per heavy atom. The van der Waals surface area contributed by atoms with Gasteiger partial charge in [0.15, 0.2) is 0 Å². The first kappa shape index (κ1) is 15.4. The van der Waals surface area contributed by atoms with E-state index in [2.05, 4.69) is 4.98 Å². The molecule has 3 aromatic rings. The molecule has 116 valence electrons. The fourth-order valence-electron chi connectivity index (χ4n) is 2.50. The third-order valence-corrected chi connectivity index (χ3v) is 4.43. The Morgan fingerprint density at radius 1 is 1.17 bits per heavy atom. The molecule has 2 heterocycles. The van der Waals surface area contributed by atoms with E-state index in [1.54, 1.807) is 36.3 Å². The predicted octanol–water partition coefficient (Wildman–Crippen LogP) is 4.14. The van der Waals surface area contributed by atoms with E-state index in [1.165, 1.54) is 23.5 Å². The van der Waals surface area contributed by atoms with E-state index in [1.807, 2.05) is 29.6 Å². The molecule has 0 radical (unpaired) electrons. The van der Waals surface area contributed by atoms with Crippen molar-refractivity contribution >= 4 is 17.2 Å². The predicted molar refractivity (Wildman–Crippen MR) is 88.9 cm³/mol. The van der Waals surface area contributed by atoms with Crippen molar-refractivity contribution in [2.45, 2.75) is 6.04 Å². The molecular weight excluding hydrogens is 311 g/mol. The van der Waals surface area contributed by atoms with Crippen molar-refractivity contribution in [3.63, 3.8) is 0 Å². The number of carbonyl (C=O) groups excluding carboxylic acids is 1. The Labute approximate surface area is 138 Å². The van der Waals surface area contributed by atoms with Crippen LogP contribution in [-0.2, 0) is 0 Å². The van der Waals surface area contributed by atoms with Crippen molar-refractivity contribution in [3.8, 4) is 0 Å². The van der Waals surface area contributed by atoms with Gasteiger partial charge in [0.1, 0.15) is 5.82 Å². The summed E-state index contributed by atoms with van der Waals surface area (Å²) >= 11 is 1.38. The van der Waals surface area contributed by atoms with Crippen molar-refractivity contribution in [3.05, 3.63) is 88.1 Å². The number of amides is 1. The number of rotatable bonds is 4. The molecule has 3 rings (SSSR count). The first-order valence-corrected chi connectivity index (χ1v) is 8.02. The first-order chi connectivity index (χ1) is 11.2. The maximum absolute atomic E-state index is 13.7. The van der Waals surface area contributed by atoms with Gasteiger partial charge in [0.25, 0.3) is 5.91 Å². The van der Waals surface area contributed by atoms with E-state index in [0.29, 0.717) is 16.1 Å². The zero-order valence-corrected chi connectivity index (χ0v) is 13.3. The minimum atomic E-state index is -0.443. The van der Waals surface area contributed by atoms with Gasteiger partial charge < -0.3 is 4.90 Å². The minimum Gasteiger partial charge on any atom is -0.328 e. The van der Waals surface area contributed by atoms with E-state index in [0.717, 1.165) is 0 Å². The zero-order valence-electron chi connectivity index (χ0n) is 12.5. The van der Waals surface area contributed by atoms with Gasteiger partial charge in [0.2, 0.25) is 0 Å². The van der Waals surface area contributed by atoms with Gasteiger partial charge in [-0.05, 0) is 41.3 Å². The van der Waals surface area contributed by atoms with Crippen molar-refractivity contribution < 1.29 is 9.18 Å². The molecule has 0 saturated carbocycles. The molecule has 0 unspecified atom stereocenters. The van der Waals surface area contributed by atoms with Crippen LogP contribution in [-0.4, -0.2) is 22.8 Å². The summed E-state index contributed by atoms with van der Waals surface area (Å²) in [4.78, 5) is 19.3. The number of hydrogen-bond donors (Lipinski definition) is 0. The lowest BCUT2D eigenvalue weighted by atomic mass is 10.0. The highest BCUT2D eigenvalue weighted by molar-refractivity contribution is 7.12. The van der Waals surface area contributed by atoms with E-state index < -0.39 is 6.04 Å². The maximum atomic E-state index is 13.7.